The van der Waals surface area contributed by atoms with Crippen molar-refractivity contribution in [3.05, 3.63) is 35.9 Å². The van der Waals surface area contributed by atoms with Crippen LogP contribution in [-0.2, 0) is 11.2 Å². The van der Waals surface area contributed by atoms with Crippen molar-refractivity contribution >= 4 is 16.7 Å². The molecule has 0 amide bonds. The Morgan fingerprint density at radius 1 is 1.12 bits per heavy atom. The highest BCUT2D eigenvalue weighted by Gasteiger charge is 2.11. The second kappa shape index (κ2) is 3.73. The van der Waals surface area contributed by atoms with E-state index in [2.05, 4.69) is 0 Å². The fourth-order valence-corrected chi connectivity index (χ4v) is 1.70. The van der Waals surface area contributed by atoms with Gasteiger partial charge in [0.15, 0.2) is 0 Å². The third-order valence-electron chi connectivity index (χ3n) is 2.42. The molecule has 2 aromatic rings. The highest BCUT2D eigenvalue weighted by Crippen LogP contribution is 2.30. The average molecular weight is 218 g/mol. The molecule has 0 saturated heterocycles. The molecule has 0 heterocycles. The van der Waals surface area contributed by atoms with Gasteiger partial charge >= 0.3 is 5.97 Å². The van der Waals surface area contributed by atoms with Gasteiger partial charge in [0, 0.05) is 5.56 Å². The summed E-state index contributed by atoms with van der Waals surface area (Å²) < 4.78 is 0. The maximum atomic E-state index is 10.7. The minimum atomic E-state index is -1.02. The smallest absolute Gasteiger partial charge is 0.307 e. The molecule has 0 unspecified atom stereocenters. The molecule has 0 aromatic heterocycles. The van der Waals surface area contributed by atoms with E-state index in [4.69, 9.17) is 5.11 Å². The van der Waals surface area contributed by atoms with E-state index in [0.29, 0.717) is 10.9 Å². The first-order chi connectivity index (χ1) is 7.58. The first-order valence-corrected chi connectivity index (χ1v) is 4.73. The van der Waals surface area contributed by atoms with Crippen molar-refractivity contribution in [2.24, 2.45) is 0 Å². The fourth-order valence-electron chi connectivity index (χ4n) is 1.70. The molecular formula is C12H10O4. The third kappa shape index (κ3) is 1.77. The van der Waals surface area contributed by atoms with Gasteiger partial charge in [0.1, 0.15) is 11.5 Å². The maximum Gasteiger partial charge on any atom is 0.307 e. The quantitative estimate of drug-likeness (QED) is 0.719. The molecule has 0 bridgehead atoms. The van der Waals surface area contributed by atoms with Crippen molar-refractivity contribution in [2.45, 2.75) is 6.42 Å². The molecule has 0 spiro atoms. The molecule has 82 valence electrons. The molecule has 4 nitrogen and oxygen atoms in total. The summed E-state index contributed by atoms with van der Waals surface area (Å²) in [6.07, 6.45) is -0.271. The number of carboxylic acids is 1. The summed E-state index contributed by atoms with van der Waals surface area (Å²) in [5.41, 5.74) is 0.320. The van der Waals surface area contributed by atoms with Crippen LogP contribution in [0.1, 0.15) is 5.56 Å². The zero-order chi connectivity index (χ0) is 11.7. The van der Waals surface area contributed by atoms with Gasteiger partial charge in [-0.25, -0.2) is 0 Å². The number of benzene rings is 2. The van der Waals surface area contributed by atoms with E-state index in [-0.39, 0.29) is 17.9 Å². The topological polar surface area (TPSA) is 77.8 Å². The molecule has 2 rings (SSSR count). The third-order valence-corrected chi connectivity index (χ3v) is 2.42. The van der Waals surface area contributed by atoms with Crippen LogP contribution in [0.2, 0.25) is 0 Å². The highest BCUT2D eigenvalue weighted by molar-refractivity contribution is 5.91. The predicted molar refractivity (Wildman–Crippen MR) is 58.6 cm³/mol. The molecule has 3 N–H and O–H groups in total. The Morgan fingerprint density at radius 2 is 1.81 bits per heavy atom. The first kappa shape index (κ1) is 10.3. The Kier molecular flexibility index (Phi) is 2.40. The second-order valence-electron chi connectivity index (χ2n) is 3.54. The van der Waals surface area contributed by atoms with Crippen LogP contribution in [0.25, 0.3) is 10.8 Å². The predicted octanol–water partition coefficient (Wildman–Crippen LogP) is 1.88. The van der Waals surface area contributed by atoms with E-state index < -0.39 is 5.97 Å². The Balaban J connectivity index is 2.72. The highest BCUT2D eigenvalue weighted by atomic mass is 16.4. The van der Waals surface area contributed by atoms with Crippen LogP contribution in [0.15, 0.2) is 30.3 Å². The van der Waals surface area contributed by atoms with Gasteiger partial charge in [-0.05, 0) is 29.0 Å². The standard InChI is InChI=1S/C12H10O4/c13-8-3-1-7-2-4-11(14)10(6-12(15)16)9(7)5-8/h1-5,13-14H,6H2,(H,15,16). The molecule has 4 heteroatoms. The van der Waals surface area contributed by atoms with Crippen molar-refractivity contribution in [1.82, 2.24) is 0 Å². The van der Waals surface area contributed by atoms with E-state index in [1.807, 2.05) is 0 Å². The number of carbonyl (C=O) groups is 1. The summed E-state index contributed by atoms with van der Waals surface area (Å²) in [4.78, 5) is 10.7. The van der Waals surface area contributed by atoms with Gasteiger partial charge in [-0.1, -0.05) is 12.1 Å². The number of aliphatic carboxylic acids is 1. The summed E-state index contributed by atoms with van der Waals surface area (Å²) in [7, 11) is 0. The van der Waals surface area contributed by atoms with Gasteiger partial charge in [-0.3, -0.25) is 4.79 Å². The van der Waals surface area contributed by atoms with E-state index in [1.165, 1.54) is 18.2 Å². The van der Waals surface area contributed by atoms with Crippen molar-refractivity contribution in [1.29, 1.82) is 0 Å². The van der Waals surface area contributed by atoms with Crippen LogP contribution >= 0.6 is 0 Å². The Morgan fingerprint density at radius 3 is 2.50 bits per heavy atom. The molecule has 0 aliphatic carbocycles. The van der Waals surface area contributed by atoms with E-state index in [9.17, 15) is 15.0 Å². The Bertz CT molecular complexity index is 555. The van der Waals surface area contributed by atoms with Crippen molar-refractivity contribution < 1.29 is 20.1 Å². The summed E-state index contributed by atoms with van der Waals surface area (Å²) in [5, 5.41) is 29.0. The van der Waals surface area contributed by atoms with Crippen LogP contribution in [0, 0.1) is 0 Å². The lowest BCUT2D eigenvalue weighted by atomic mass is 10.0. The summed E-state index contributed by atoms with van der Waals surface area (Å²) >= 11 is 0. The summed E-state index contributed by atoms with van der Waals surface area (Å²) in [5.74, 6) is -1.05. The largest absolute Gasteiger partial charge is 0.508 e. The van der Waals surface area contributed by atoms with Gasteiger partial charge in [0.25, 0.3) is 0 Å². The molecule has 0 aliphatic heterocycles. The molecule has 2 aromatic carbocycles. The number of phenols is 2. The lowest BCUT2D eigenvalue weighted by molar-refractivity contribution is -0.136. The van der Waals surface area contributed by atoms with Crippen molar-refractivity contribution in [2.75, 3.05) is 0 Å². The number of carboxylic acid groups (broad SMARTS) is 1. The number of hydrogen-bond acceptors (Lipinski definition) is 3. The van der Waals surface area contributed by atoms with Crippen LogP contribution in [0.4, 0.5) is 0 Å². The maximum absolute atomic E-state index is 10.7. The van der Waals surface area contributed by atoms with E-state index >= 15 is 0 Å². The van der Waals surface area contributed by atoms with Crippen LogP contribution in [0.3, 0.4) is 0 Å². The Hall–Kier alpha value is -2.23. The van der Waals surface area contributed by atoms with Crippen molar-refractivity contribution in [3.63, 3.8) is 0 Å². The number of fused-ring (bicyclic) bond motifs is 1. The lowest BCUT2D eigenvalue weighted by Gasteiger charge is -2.07. The average Bonchev–Trinajstić information content (AvgIpc) is 2.22. The molecule has 16 heavy (non-hydrogen) atoms. The minimum absolute atomic E-state index is 0.0461. The van der Waals surface area contributed by atoms with Crippen LogP contribution < -0.4 is 0 Å². The van der Waals surface area contributed by atoms with Crippen molar-refractivity contribution in [3.8, 4) is 11.5 Å². The first-order valence-electron chi connectivity index (χ1n) is 4.73. The van der Waals surface area contributed by atoms with Gasteiger partial charge in [0.2, 0.25) is 0 Å². The molecule has 0 fully saturated rings. The molecular weight excluding hydrogens is 208 g/mol. The van der Waals surface area contributed by atoms with Gasteiger partial charge < -0.3 is 15.3 Å². The number of aromatic hydroxyl groups is 2. The minimum Gasteiger partial charge on any atom is -0.508 e. The van der Waals surface area contributed by atoms with Gasteiger partial charge in [0.05, 0.1) is 6.42 Å². The molecule has 0 saturated carbocycles. The zero-order valence-corrected chi connectivity index (χ0v) is 8.34. The van der Waals surface area contributed by atoms with Gasteiger partial charge in [-0.2, -0.15) is 0 Å². The second-order valence-corrected chi connectivity index (χ2v) is 3.54. The van der Waals surface area contributed by atoms with Gasteiger partial charge in [-0.15, -0.1) is 0 Å². The normalized spacial score (nSPS) is 10.5. The van der Waals surface area contributed by atoms with E-state index in [1.54, 1.807) is 12.1 Å². The SMILES string of the molecule is O=C(O)Cc1c(O)ccc2ccc(O)cc12. The summed E-state index contributed by atoms with van der Waals surface area (Å²) in [6, 6.07) is 7.78. The molecule has 0 radical (unpaired) electrons. The lowest BCUT2D eigenvalue weighted by Crippen LogP contribution is -2.01. The number of rotatable bonds is 2. The van der Waals surface area contributed by atoms with Crippen LogP contribution in [-0.4, -0.2) is 21.3 Å². The fraction of sp³-hybridized carbons (Fsp3) is 0.0833. The zero-order valence-electron chi connectivity index (χ0n) is 8.34. The molecule has 0 aliphatic rings. The van der Waals surface area contributed by atoms with Crippen LogP contribution in [0.5, 0.6) is 11.5 Å². The molecule has 0 atom stereocenters. The Labute approximate surface area is 91.4 Å². The monoisotopic (exact) mass is 218 g/mol. The summed E-state index contributed by atoms with van der Waals surface area (Å²) in [6.45, 7) is 0. The number of phenolic OH excluding ortho intramolecular Hbond substituents is 2. The van der Waals surface area contributed by atoms with E-state index in [0.717, 1.165) is 5.39 Å². The number of hydrogen-bond donors (Lipinski definition) is 3.